The highest BCUT2D eigenvalue weighted by Gasteiger charge is 2.61. The van der Waals surface area contributed by atoms with Crippen molar-refractivity contribution in [1.29, 1.82) is 0 Å². The number of primary amides is 1. The Morgan fingerprint density at radius 3 is 2.53 bits per heavy atom. The van der Waals surface area contributed by atoms with Crippen LogP contribution in [-0.2, 0) is 16.0 Å². The lowest BCUT2D eigenvalue weighted by atomic mass is 10.0. The number of rotatable bonds is 5. The van der Waals surface area contributed by atoms with Crippen molar-refractivity contribution in [3.05, 3.63) is 41.2 Å². The third-order valence-corrected chi connectivity index (χ3v) is 7.39. The summed E-state index contributed by atoms with van der Waals surface area (Å²) in [7, 11) is 1.58. The van der Waals surface area contributed by atoms with Gasteiger partial charge in [0.2, 0.25) is 0 Å². The topological polar surface area (TPSA) is 123 Å². The number of piperidine rings is 1. The van der Waals surface area contributed by atoms with Crippen molar-refractivity contribution >= 4 is 17.7 Å². The highest BCUT2D eigenvalue weighted by molar-refractivity contribution is 6.01. The number of fused-ring (bicyclic) bond motifs is 2. The molecule has 2 atom stereocenters. The van der Waals surface area contributed by atoms with Crippen LogP contribution < -0.4 is 10.5 Å². The zero-order chi connectivity index (χ0) is 23.6. The van der Waals surface area contributed by atoms with Crippen molar-refractivity contribution in [2.75, 3.05) is 46.5 Å². The van der Waals surface area contributed by atoms with Gasteiger partial charge in [-0.15, -0.1) is 0 Å². The second kappa shape index (κ2) is 7.81. The predicted octanol–water partition coefficient (Wildman–Crippen LogP) is -0.318. The number of nitrogens with two attached hydrogens (primary N) is 1. The van der Waals surface area contributed by atoms with E-state index in [9.17, 15) is 14.4 Å². The molecule has 1 aromatic carbocycles. The number of carbonyl (C=O) groups excluding carboxylic acids is 3. The SMILES string of the molecule is COc1ccc(-n2nc(C(N)=O)c3c2C(=O)N(C2C4CN(N5CCOCC5=O)CC42)CC3)cc1. The lowest BCUT2D eigenvalue weighted by molar-refractivity contribution is -0.164. The fraction of sp³-hybridized carbons (Fsp3) is 0.478. The van der Waals surface area contributed by atoms with E-state index in [0.29, 0.717) is 60.6 Å². The second-order valence-electron chi connectivity index (χ2n) is 9.16. The van der Waals surface area contributed by atoms with Crippen LogP contribution >= 0.6 is 0 Å². The van der Waals surface area contributed by atoms with Crippen molar-refractivity contribution in [1.82, 2.24) is 24.7 Å². The molecule has 2 N–H and O–H groups in total. The summed E-state index contributed by atoms with van der Waals surface area (Å²) < 4.78 is 12.0. The summed E-state index contributed by atoms with van der Waals surface area (Å²) in [5, 5.41) is 8.32. The molecule has 178 valence electrons. The van der Waals surface area contributed by atoms with Crippen LogP contribution in [0.4, 0.5) is 0 Å². The van der Waals surface area contributed by atoms with E-state index in [4.69, 9.17) is 15.2 Å². The maximum Gasteiger partial charge on any atom is 0.273 e. The van der Waals surface area contributed by atoms with Gasteiger partial charge in [-0.1, -0.05) is 0 Å². The average Bonchev–Trinajstić information content (AvgIpc) is 3.18. The van der Waals surface area contributed by atoms with Gasteiger partial charge in [0.25, 0.3) is 17.7 Å². The van der Waals surface area contributed by atoms with Gasteiger partial charge in [0.15, 0.2) is 5.69 Å². The lowest BCUT2D eigenvalue weighted by Crippen LogP contribution is -2.53. The van der Waals surface area contributed by atoms with E-state index in [1.807, 2.05) is 4.90 Å². The van der Waals surface area contributed by atoms with Gasteiger partial charge in [0.05, 0.1) is 25.9 Å². The Labute approximate surface area is 195 Å². The van der Waals surface area contributed by atoms with E-state index in [1.165, 1.54) is 4.68 Å². The number of benzene rings is 1. The predicted molar refractivity (Wildman–Crippen MR) is 118 cm³/mol. The average molecular weight is 466 g/mol. The van der Waals surface area contributed by atoms with E-state index >= 15 is 0 Å². The third-order valence-electron chi connectivity index (χ3n) is 7.39. The number of hydrogen-bond acceptors (Lipinski definition) is 7. The van der Waals surface area contributed by atoms with Crippen molar-refractivity contribution < 1.29 is 23.9 Å². The van der Waals surface area contributed by atoms with Gasteiger partial charge in [0, 0.05) is 43.1 Å². The smallest absolute Gasteiger partial charge is 0.273 e. The molecule has 3 amide bonds. The minimum Gasteiger partial charge on any atom is -0.497 e. The number of amides is 3. The molecule has 4 aliphatic rings. The highest BCUT2D eigenvalue weighted by Crippen LogP contribution is 2.50. The Hall–Kier alpha value is -3.44. The van der Waals surface area contributed by atoms with Gasteiger partial charge < -0.3 is 20.1 Å². The van der Waals surface area contributed by atoms with Gasteiger partial charge in [-0.2, -0.15) is 5.10 Å². The number of carbonyl (C=O) groups is 3. The number of methoxy groups -OCH3 is 1. The van der Waals surface area contributed by atoms with Crippen LogP contribution in [0.3, 0.4) is 0 Å². The van der Waals surface area contributed by atoms with Crippen molar-refractivity contribution in [3.8, 4) is 11.4 Å². The van der Waals surface area contributed by atoms with Crippen LogP contribution in [0.5, 0.6) is 5.75 Å². The number of aromatic nitrogens is 2. The molecule has 2 aromatic rings. The first kappa shape index (κ1) is 21.1. The van der Waals surface area contributed by atoms with Crippen LogP contribution in [0.25, 0.3) is 5.69 Å². The molecular weight excluding hydrogens is 440 g/mol. The molecule has 0 radical (unpaired) electrons. The molecule has 11 heteroatoms. The van der Waals surface area contributed by atoms with Gasteiger partial charge in [-0.25, -0.2) is 9.69 Å². The first-order valence-electron chi connectivity index (χ1n) is 11.5. The van der Waals surface area contributed by atoms with Crippen LogP contribution in [-0.4, -0.2) is 95.0 Å². The molecule has 4 heterocycles. The lowest BCUT2D eigenvalue weighted by Gasteiger charge is -2.37. The van der Waals surface area contributed by atoms with Gasteiger partial charge >= 0.3 is 0 Å². The summed E-state index contributed by atoms with van der Waals surface area (Å²) in [6.07, 6.45) is 0.525. The van der Waals surface area contributed by atoms with Crippen molar-refractivity contribution in [2.24, 2.45) is 17.6 Å². The molecule has 1 aliphatic carbocycles. The normalized spacial score (nSPS) is 26.4. The monoisotopic (exact) mass is 466 g/mol. The fourth-order valence-electron chi connectivity index (χ4n) is 5.71. The molecule has 1 saturated carbocycles. The molecule has 3 fully saturated rings. The zero-order valence-electron chi connectivity index (χ0n) is 18.8. The molecule has 34 heavy (non-hydrogen) atoms. The van der Waals surface area contributed by atoms with Gasteiger partial charge in [0.1, 0.15) is 18.1 Å². The molecule has 2 saturated heterocycles. The van der Waals surface area contributed by atoms with E-state index in [0.717, 1.165) is 13.1 Å². The molecule has 6 rings (SSSR count). The molecular formula is C23H26N6O5. The standard InChI is InChI=1S/C23H26N6O5/c1-33-14-4-2-13(3-5-14)29-21-15(19(25-29)22(24)31)6-7-27(23(21)32)20-16-10-26(11-17(16)20)28-8-9-34-12-18(28)30/h2-5,16-17,20H,6-12H2,1H3,(H2,24,31). The third kappa shape index (κ3) is 3.18. The number of nitrogens with zero attached hydrogens (tertiary/aromatic N) is 5. The molecule has 11 nitrogen and oxygen atoms in total. The molecule has 3 aliphatic heterocycles. The Morgan fingerprint density at radius 1 is 1.15 bits per heavy atom. The van der Waals surface area contributed by atoms with E-state index in [1.54, 1.807) is 36.4 Å². The summed E-state index contributed by atoms with van der Waals surface area (Å²) in [6.45, 7) is 3.27. The second-order valence-corrected chi connectivity index (χ2v) is 9.16. The summed E-state index contributed by atoms with van der Waals surface area (Å²) in [5.41, 5.74) is 7.40. The Morgan fingerprint density at radius 2 is 1.88 bits per heavy atom. The minimum atomic E-state index is -0.640. The maximum atomic E-state index is 13.7. The first-order chi connectivity index (χ1) is 16.5. The van der Waals surface area contributed by atoms with E-state index < -0.39 is 5.91 Å². The fourth-order valence-corrected chi connectivity index (χ4v) is 5.71. The zero-order valence-corrected chi connectivity index (χ0v) is 18.8. The minimum absolute atomic E-state index is 0.00911. The largest absolute Gasteiger partial charge is 0.497 e. The van der Waals surface area contributed by atoms with Gasteiger partial charge in [-0.05, 0) is 30.7 Å². The van der Waals surface area contributed by atoms with Crippen molar-refractivity contribution in [2.45, 2.75) is 12.5 Å². The molecule has 0 spiro atoms. The number of morpholine rings is 1. The Kier molecular flexibility index (Phi) is 4.85. The summed E-state index contributed by atoms with van der Waals surface area (Å²) in [5.74, 6) is 0.555. The number of hydrogen-bond donors (Lipinski definition) is 1. The van der Waals surface area contributed by atoms with Gasteiger partial charge in [-0.3, -0.25) is 19.4 Å². The molecule has 1 aromatic heterocycles. The number of hydrazine groups is 1. The van der Waals surface area contributed by atoms with Crippen LogP contribution in [0, 0.1) is 11.8 Å². The maximum absolute atomic E-state index is 13.7. The van der Waals surface area contributed by atoms with E-state index in [-0.39, 0.29) is 30.2 Å². The quantitative estimate of drug-likeness (QED) is 0.641. The van der Waals surface area contributed by atoms with Crippen LogP contribution in [0.1, 0.15) is 26.5 Å². The van der Waals surface area contributed by atoms with E-state index in [2.05, 4.69) is 10.1 Å². The Balaban J connectivity index is 1.25. The highest BCUT2D eigenvalue weighted by atomic mass is 16.5. The van der Waals surface area contributed by atoms with Crippen LogP contribution in [0.15, 0.2) is 24.3 Å². The van der Waals surface area contributed by atoms with Crippen molar-refractivity contribution in [3.63, 3.8) is 0 Å². The summed E-state index contributed by atoms with van der Waals surface area (Å²) >= 11 is 0. The Bertz CT molecular complexity index is 1170. The number of ether oxygens (including phenoxy) is 2. The first-order valence-corrected chi connectivity index (χ1v) is 11.5. The van der Waals surface area contributed by atoms with Crippen LogP contribution in [0.2, 0.25) is 0 Å². The summed E-state index contributed by atoms with van der Waals surface area (Å²) in [6, 6.07) is 7.29. The summed E-state index contributed by atoms with van der Waals surface area (Å²) in [4.78, 5) is 39.9. The molecule has 2 unspecified atom stereocenters. The molecule has 0 bridgehead atoms.